The van der Waals surface area contributed by atoms with Gasteiger partial charge >= 0.3 is 6.18 Å². The zero-order chi connectivity index (χ0) is 13.1. The molecule has 0 saturated carbocycles. The summed E-state index contributed by atoms with van der Waals surface area (Å²) in [5.41, 5.74) is 0. The van der Waals surface area contributed by atoms with E-state index in [0.29, 0.717) is 14.3 Å². The third-order valence-electron chi connectivity index (χ3n) is 1.81. The molecule has 0 bridgehead atoms. The van der Waals surface area contributed by atoms with Gasteiger partial charge in [-0.05, 0) is 37.9 Å². The maximum atomic E-state index is 12.4. The number of anilines is 1. The Morgan fingerprint density at radius 3 is 2.41 bits per heavy atom. The molecule has 0 aliphatic rings. The van der Waals surface area contributed by atoms with Crippen molar-refractivity contribution in [3.8, 4) is 0 Å². The molecule has 0 atom stereocenters. The van der Waals surface area contributed by atoms with Crippen molar-refractivity contribution in [2.45, 2.75) is 6.18 Å². The van der Waals surface area contributed by atoms with Crippen molar-refractivity contribution in [1.29, 1.82) is 0 Å². The van der Waals surface area contributed by atoms with E-state index < -0.39 is 12.7 Å². The van der Waals surface area contributed by atoms with E-state index in [4.69, 9.17) is 0 Å². The van der Waals surface area contributed by atoms with Gasteiger partial charge in [-0.15, -0.1) is 0 Å². The van der Waals surface area contributed by atoms with Gasteiger partial charge in [0.15, 0.2) is 0 Å². The van der Waals surface area contributed by atoms with E-state index in [-0.39, 0.29) is 12.4 Å². The fourth-order valence-corrected chi connectivity index (χ4v) is 2.88. The lowest BCUT2D eigenvalue weighted by molar-refractivity contribution is -0.119. The van der Waals surface area contributed by atoms with Crippen LogP contribution in [-0.2, 0) is 0 Å². The first-order chi connectivity index (χ1) is 7.83. The molecule has 0 unspecified atom stereocenters. The van der Waals surface area contributed by atoms with Crippen LogP contribution >= 0.6 is 47.8 Å². The maximum Gasteiger partial charge on any atom is 0.405 e. The van der Waals surface area contributed by atoms with Crippen molar-refractivity contribution in [2.24, 2.45) is 0 Å². The van der Waals surface area contributed by atoms with Crippen LogP contribution in [0.25, 0.3) is 0 Å². The molecule has 0 aliphatic carbocycles. The molecule has 0 spiro atoms. The molecular weight excluding hydrogens is 433 g/mol. The summed E-state index contributed by atoms with van der Waals surface area (Å²) in [4.78, 5) is 5.16. The first-order valence-electron chi connectivity index (χ1n) is 4.52. The van der Waals surface area contributed by atoms with Crippen LogP contribution in [0.5, 0.6) is 0 Å². The van der Waals surface area contributed by atoms with Crippen molar-refractivity contribution >= 4 is 53.6 Å². The number of nitrogens with zero attached hydrogens (tertiary/aromatic N) is 2. The van der Waals surface area contributed by atoms with Crippen molar-refractivity contribution in [3.63, 3.8) is 0 Å². The Bertz CT molecular complexity index is 384. The molecule has 2 nitrogen and oxygen atoms in total. The van der Waals surface area contributed by atoms with Gasteiger partial charge < -0.3 is 4.90 Å². The normalized spacial score (nSPS) is 11.6. The Hall–Kier alpha value is 0.180. The predicted molar refractivity (Wildman–Crippen MR) is 71.7 cm³/mol. The van der Waals surface area contributed by atoms with Gasteiger partial charge in [0.2, 0.25) is 0 Å². The third-order valence-corrected chi connectivity index (χ3v) is 3.18. The average Bonchev–Trinajstić information content (AvgIpc) is 2.14. The molecule has 0 aliphatic heterocycles. The summed E-state index contributed by atoms with van der Waals surface area (Å²) in [5.74, 6) is 0.282. The van der Waals surface area contributed by atoms with Gasteiger partial charge in [0, 0.05) is 22.5 Å². The van der Waals surface area contributed by atoms with Crippen LogP contribution in [0.4, 0.5) is 19.0 Å². The van der Waals surface area contributed by atoms with Gasteiger partial charge in [-0.25, -0.2) is 4.98 Å². The van der Waals surface area contributed by atoms with Gasteiger partial charge in [0.25, 0.3) is 0 Å². The molecule has 0 fully saturated rings. The molecule has 1 aromatic rings. The van der Waals surface area contributed by atoms with Gasteiger partial charge in [-0.3, -0.25) is 0 Å². The minimum absolute atomic E-state index is 0.229. The summed E-state index contributed by atoms with van der Waals surface area (Å²) in [6.45, 7) is -0.793. The van der Waals surface area contributed by atoms with Crippen LogP contribution in [-0.4, -0.2) is 29.6 Å². The SMILES string of the molecule is FC(F)(F)CN(CCBr)c1ncc(Br)cc1Br. The maximum absolute atomic E-state index is 12.4. The highest BCUT2D eigenvalue weighted by Crippen LogP contribution is 2.29. The molecule has 0 saturated heterocycles. The summed E-state index contributed by atoms with van der Waals surface area (Å²) in [7, 11) is 0. The lowest BCUT2D eigenvalue weighted by Gasteiger charge is -2.25. The number of hydrogen-bond acceptors (Lipinski definition) is 2. The zero-order valence-electron chi connectivity index (χ0n) is 8.44. The predicted octanol–water partition coefficient (Wildman–Crippen LogP) is 4.37. The first-order valence-corrected chi connectivity index (χ1v) is 7.23. The number of halogens is 6. The van der Waals surface area contributed by atoms with E-state index in [1.165, 1.54) is 11.1 Å². The molecule has 0 amide bonds. The molecule has 1 heterocycles. The van der Waals surface area contributed by atoms with Crippen LogP contribution in [0.3, 0.4) is 0 Å². The Morgan fingerprint density at radius 2 is 1.94 bits per heavy atom. The lowest BCUT2D eigenvalue weighted by atomic mass is 10.4. The van der Waals surface area contributed by atoms with Crippen LogP contribution in [0.1, 0.15) is 0 Å². The molecule has 1 aromatic heterocycles. The third kappa shape index (κ3) is 5.13. The summed E-state index contributed by atoms with van der Waals surface area (Å²) < 4.78 is 38.5. The molecular formula is C9H8Br3F3N2. The largest absolute Gasteiger partial charge is 0.405 e. The average molecular weight is 441 g/mol. The monoisotopic (exact) mass is 438 g/mol. The number of hydrogen-bond donors (Lipinski definition) is 0. The molecule has 1 rings (SSSR count). The van der Waals surface area contributed by atoms with Gasteiger partial charge in [-0.1, -0.05) is 15.9 Å². The molecule has 0 radical (unpaired) electrons. The van der Waals surface area contributed by atoms with E-state index in [1.807, 2.05) is 0 Å². The summed E-state index contributed by atoms with van der Waals surface area (Å²) in [5, 5.41) is 0.438. The molecule has 17 heavy (non-hydrogen) atoms. The Kier molecular flexibility index (Phi) is 5.72. The molecule has 8 heteroatoms. The topological polar surface area (TPSA) is 16.1 Å². The fraction of sp³-hybridized carbons (Fsp3) is 0.444. The lowest BCUT2D eigenvalue weighted by Crippen LogP contribution is -2.36. The minimum Gasteiger partial charge on any atom is -0.346 e. The van der Waals surface area contributed by atoms with Crippen molar-refractivity contribution in [2.75, 3.05) is 23.3 Å². The first kappa shape index (κ1) is 15.2. The van der Waals surface area contributed by atoms with Crippen molar-refractivity contribution < 1.29 is 13.2 Å². The van der Waals surface area contributed by atoms with Crippen LogP contribution < -0.4 is 4.90 Å². The van der Waals surface area contributed by atoms with Crippen molar-refractivity contribution in [1.82, 2.24) is 4.98 Å². The molecule has 0 aromatic carbocycles. The highest BCUT2D eigenvalue weighted by molar-refractivity contribution is 9.11. The molecule has 96 valence electrons. The van der Waals surface area contributed by atoms with E-state index in [1.54, 1.807) is 6.07 Å². The second kappa shape index (κ2) is 6.38. The quantitative estimate of drug-likeness (QED) is 0.646. The Morgan fingerprint density at radius 1 is 1.29 bits per heavy atom. The highest BCUT2D eigenvalue weighted by Gasteiger charge is 2.31. The zero-order valence-corrected chi connectivity index (χ0v) is 13.2. The van der Waals surface area contributed by atoms with E-state index in [2.05, 4.69) is 52.8 Å². The number of aromatic nitrogens is 1. The van der Waals surface area contributed by atoms with Crippen LogP contribution in [0.2, 0.25) is 0 Å². The minimum atomic E-state index is -4.25. The Labute approximate surface area is 122 Å². The number of rotatable bonds is 4. The smallest absolute Gasteiger partial charge is 0.346 e. The van der Waals surface area contributed by atoms with Crippen LogP contribution in [0.15, 0.2) is 21.2 Å². The highest BCUT2D eigenvalue weighted by atomic mass is 79.9. The van der Waals surface area contributed by atoms with Crippen LogP contribution in [0, 0.1) is 0 Å². The fourth-order valence-electron chi connectivity index (χ4n) is 1.22. The van der Waals surface area contributed by atoms with E-state index in [0.717, 1.165) is 0 Å². The van der Waals surface area contributed by atoms with Gasteiger partial charge in [0.05, 0.1) is 4.47 Å². The summed E-state index contributed by atoms with van der Waals surface area (Å²) >= 11 is 9.54. The summed E-state index contributed by atoms with van der Waals surface area (Å²) in [6.07, 6.45) is -2.78. The number of pyridine rings is 1. The Balaban J connectivity index is 2.97. The number of alkyl halides is 4. The second-order valence-electron chi connectivity index (χ2n) is 3.18. The standard InChI is InChI=1S/C9H8Br3F3N2/c10-1-2-17(5-9(13,14)15)8-7(12)3-6(11)4-16-8/h3-4H,1-2,5H2. The van der Waals surface area contributed by atoms with E-state index >= 15 is 0 Å². The molecule has 0 N–H and O–H groups in total. The van der Waals surface area contributed by atoms with Gasteiger partial charge in [-0.2, -0.15) is 13.2 Å². The van der Waals surface area contributed by atoms with E-state index in [9.17, 15) is 13.2 Å². The second-order valence-corrected chi connectivity index (χ2v) is 5.75. The van der Waals surface area contributed by atoms with Gasteiger partial charge in [0.1, 0.15) is 12.4 Å². The van der Waals surface area contributed by atoms with Crippen molar-refractivity contribution in [3.05, 3.63) is 21.2 Å². The summed E-state index contributed by atoms with van der Waals surface area (Å²) in [6, 6.07) is 1.67.